The van der Waals surface area contributed by atoms with E-state index in [1.165, 1.54) is 0 Å². The van der Waals surface area contributed by atoms with Gasteiger partial charge in [0.15, 0.2) is 11.6 Å². The summed E-state index contributed by atoms with van der Waals surface area (Å²) in [6, 6.07) is 0. The van der Waals surface area contributed by atoms with E-state index in [-0.39, 0.29) is 0 Å². The third-order valence-electron chi connectivity index (χ3n) is 2.36. The number of methoxy groups -OCH3 is 1. The van der Waals surface area contributed by atoms with Gasteiger partial charge >= 0.3 is 0 Å². The first-order chi connectivity index (χ1) is 8.22. The van der Waals surface area contributed by atoms with Gasteiger partial charge in [-0.3, -0.25) is 0 Å². The molecule has 0 aliphatic rings. The summed E-state index contributed by atoms with van der Waals surface area (Å²) in [5.41, 5.74) is 12.1. The van der Waals surface area contributed by atoms with Crippen molar-refractivity contribution in [2.75, 3.05) is 31.2 Å². The first-order valence-corrected chi connectivity index (χ1v) is 5.87. The zero-order valence-corrected chi connectivity index (χ0v) is 10.5. The van der Waals surface area contributed by atoms with Gasteiger partial charge in [-0.05, 0) is 12.8 Å². The summed E-state index contributed by atoms with van der Waals surface area (Å²) in [6.45, 7) is 3.28. The Kier molecular flexibility index (Phi) is 5.48. The van der Waals surface area contributed by atoms with Gasteiger partial charge in [-0.25, -0.2) is 4.98 Å². The van der Waals surface area contributed by atoms with E-state index in [1.807, 2.05) is 0 Å². The van der Waals surface area contributed by atoms with E-state index >= 15 is 0 Å². The standard InChI is InChI=1S/C11H21N5O/c1-3-4-5-8-9(17-2)10(13)16-11(15-8)14-7-6-12/h3-7,12H2,1-2H3,(H3,13,14,15,16). The smallest absolute Gasteiger partial charge is 0.225 e. The van der Waals surface area contributed by atoms with Crippen molar-refractivity contribution >= 4 is 11.8 Å². The normalized spacial score (nSPS) is 10.3. The second-order valence-electron chi connectivity index (χ2n) is 3.73. The highest BCUT2D eigenvalue weighted by atomic mass is 16.5. The molecule has 0 bridgehead atoms. The molecule has 1 aromatic rings. The molecule has 0 radical (unpaired) electrons. The van der Waals surface area contributed by atoms with Crippen molar-refractivity contribution < 1.29 is 4.74 Å². The van der Waals surface area contributed by atoms with Crippen molar-refractivity contribution in [3.05, 3.63) is 5.69 Å². The molecule has 0 aliphatic heterocycles. The molecule has 0 spiro atoms. The molecule has 0 aromatic carbocycles. The molecular weight excluding hydrogens is 218 g/mol. The Balaban J connectivity index is 2.92. The molecule has 0 unspecified atom stereocenters. The van der Waals surface area contributed by atoms with Crippen molar-refractivity contribution in [2.24, 2.45) is 5.73 Å². The fraction of sp³-hybridized carbons (Fsp3) is 0.636. The number of aromatic nitrogens is 2. The molecule has 1 rings (SSSR count). The lowest BCUT2D eigenvalue weighted by Gasteiger charge is -2.12. The fourth-order valence-electron chi connectivity index (χ4n) is 1.52. The summed E-state index contributed by atoms with van der Waals surface area (Å²) < 4.78 is 5.23. The van der Waals surface area contributed by atoms with Gasteiger partial charge in [0.25, 0.3) is 0 Å². The Hall–Kier alpha value is -1.56. The number of rotatable bonds is 7. The lowest BCUT2D eigenvalue weighted by molar-refractivity contribution is 0.406. The number of unbranched alkanes of at least 4 members (excludes halogenated alkanes) is 1. The number of hydrogen-bond acceptors (Lipinski definition) is 6. The summed E-state index contributed by atoms with van der Waals surface area (Å²) >= 11 is 0. The van der Waals surface area contributed by atoms with E-state index in [9.17, 15) is 0 Å². The van der Waals surface area contributed by atoms with E-state index in [4.69, 9.17) is 16.2 Å². The van der Waals surface area contributed by atoms with E-state index in [0.717, 1.165) is 25.0 Å². The van der Waals surface area contributed by atoms with Crippen LogP contribution >= 0.6 is 0 Å². The second kappa shape index (κ2) is 6.90. The Morgan fingerprint density at radius 2 is 2.12 bits per heavy atom. The van der Waals surface area contributed by atoms with Gasteiger partial charge in [0, 0.05) is 13.1 Å². The maximum atomic E-state index is 5.83. The summed E-state index contributed by atoms with van der Waals surface area (Å²) in [7, 11) is 1.58. The minimum absolute atomic E-state index is 0.369. The number of nitrogens with zero attached hydrogens (tertiary/aromatic N) is 2. The molecule has 0 amide bonds. The molecule has 6 heteroatoms. The van der Waals surface area contributed by atoms with Crippen LogP contribution in [0.4, 0.5) is 11.8 Å². The van der Waals surface area contributed by atoms with Crippen LogP contribution in [-0.4, -0.2) is 30.2 Å². The number of ether oxygens (including phenoxy) is 1. The number of nitrogens with two attached hydrogens (primary N) is 2. The molecule has 6 nitrogen and oxygen atoms in total. The molecule has 1 heterocycles. The predicted molar refractivity (Wildman–Crippen MR) is 69.2 cm³/mol. The van der Waals surface area contributed by atoms with Gasteiger partial charge in [-0.1, -0.05) is 13.3 Å². The van der Waals surface area contributed by atoms with Gasteiger partial charge in [0.2, 0.25) is 5.95 Å². The summed E-state index contributed by atoms with van der Waals surface area (Å²) in [5.74, 6) is 1.46. The molecule has 5 N–H and O–H groups in total. The van der Waals surface area contributed by atoms with Crippen molar-refractivity contribution in [3.8, 4) is 5.75 Å². The number of aryl methyl sites for hydroxylation is 1. The number of hydrogen-bond donors (Lipinski definition) is 3. The van der Waals surface area contributed by atoms with Gasteiger partial charge in [-0.15, -0.1) is 0 Å². The third-order valence-corrected chi connectivity index (χ3v) is 2.36. The monoisotopic (exact) mass is 239 g/mol. The molecule has 0 saturated heterocycles. The summed E-state index contributed by atoms with van der Waals surface area (Å²) in [6.07, 6.45) is 2.98. The first kappa shape index (κ1) is 13.5. The van der Waals surface area contributed by atoms with Crippen molar-refractivity contribution in [1.29, 1.82) is 0 Å². The maximum absolute atomic E-state index is 5.83. The minimum atomic E-state index is 0.369. The number of nitrogen functional groups attached to an aromatic ring is 1. The quantitative estimate of drug-likeness (QED) is 0.650. The van der Waals surface area contributed by atoms with Crippen LogP contribution < -0.4 is 21.5 Å². The molecule has 0 atom stereocenters. The highest BCUT2D eigenvalue weighted by Gasteiger charge is 2.12. The average Bonchev–Trinajstić information content (AvgIpc) is 2.33. The van der Waals surface area contributed by atoms with Gasteiger partial charge < -0.3 is 21.5 Å². The van der Waals surface area contributed by atoms with E-state index in [1.54, 1.807) is 7.11 Å². The largest absolute Gasteiger partial charge is 0.491 e. The maximum Gasteiger partial charge on any atom is 0.225 e. The van der Waals surface area contributed by atoms with Crippen LogP contribution in [-0.2, 0) is 6.42 Å². The van der Waals surface area contributed by atoms with Gasteiger partial charge in [-0.2, -0.15) is 4.98 Å². The van der Waals surface area contributed by atoms with Gasteiger partial charge in [0.1, 0.15) is 0 Å². The van der Waals surface area contributed by atoms with E-state index < -0.39 is 0 Å². The topological polar surface area (TPSA) is 99.1 Å². The van der Waals surface area contributed by atoms with Crippen molar-refractivity contribution in [2.45, 2.75) is 26.2 Å². The third kappa shape index (κ3) is 3.74. The Labute approximate surface area is 102 Å². The molecule has 96 valence electrons. The molecule has 0 fully saturated rings. The Morgan fingerprint density at radius 1 is 1.35 bits per heavy atom. The highest BCUT2D eigenvalue weighted by molar-refractivity contribution is 5.52. The highest BCUT2D eigenvalue weighted by Crippen LogP contribution is 2.25. The molecule has 17 heavy (non-hydrogen) atoms. The van der Waals surface area contributed by atoms with Crippen LogP contribution in [0.3, 0.4) is 0 Å². The summed E-state index contributed by atoms with van der Waals surface area (Å²) in [5, 5.41) is 3.02. The van der Waals surface area contributed by atoms with Crippen LogP contribution in [0.25, 0.3) is 0 Å². The lowest BCUT2D eigenvalue weighted by Crippen LogP contribution is -2.16. The number of nitrogens with one attached hydrogen (secondary N) is 1. The first-order valence-electron chi connectivity index (χ1n) is 5.87. The van der Waals surface area contributed by atoms with E-state index in [0.29, 0.717) is 30.6 Å². The molecular formula is C11H21N5O. The number of anilines is 2. The van der Waals surface area contributed by atoms with Gasteiger partial charge in [0.05, 0.1) is 12.8 Å². The van der Waals surface area contributed by atoms with Crippen LogP contribution in [0.1, 0.15) is 25.5 Å². The van der Waals surface area contributed by atoms with Crippen LogP contribution in [0.2, 0.25) is 0 Å². The van der Waals surface area contributed by atoms with Crippen molar-refractivity contribution in [1.82, 2.24) is 9.97 Å². The fourth-order valence-corrected chi connectivity index (χ4v) is 1.52. The molecule has 0 saturated carbocycles. The molecule has 1 aromatic heterocycles. The minimum Gasteiger partial charge on any atom is -0.491 e. The van der Waals surface area contributed by atoms with Crippen LogP contribution in [0.15, 0.2) is 0 Å². The zero-order chi connectivity index (χ0) is 12.7. The van der Waals surface area contributed by atoms with Crippen LogP contribution in [0, 0.1) is 0 Å². The zero-order valence-electron chi connectivity index (χ0n) is 10.5. The van der Waals surface area contributed by atoms with Crippen LogP contribution in [0.5, 0.6) is 5.75 Å². The Morgan fingerprint density at radius 3 is 2.71 bits per heavy atom. The SMILES string of the molecule is CCCCc1nc(NCCN)nc(N)c1OC. The average molecular weight is 239 g/mol. The molecule has 0 aliphatic carbocycles. The Bertz CT molecular complexity index is 356. The predicted octanol–water partition coefficient (Wildman–Crippen LogP) is 0.781. The van der Waals surface area contributed by atoms with E-state index in [2.05, 4.69) is 22.2 Å². The van der Waals surface area contributed by atoms with Crippen molar-refractivity contribution in [3.63, 3.8) is 0 Å². The summed E-state index contributed by atoms with van der Waals surface area (Å²) in [4.78, 5) is 8.52. The second-order valence-corrected chi connectivity index (χ2v) is 3.73. The lowest BCUT2D eigenvalue weighted by atomic mass is 10.2.